The fourth-order valence-corrected chi connectivity index (χ4v) is 1.97. The van der Waals surface area contributed by atoms with E-state index in [0.29, 0.717) is 18.1 Å². The number of hydrogen-bond donors (Lipinski definition) is 2. The number of hydrogen-bond acceptors (Lipinski definition) is 5. The molecule has 0 aromatic heterocycles. The minimum absolute atomic E-state index is 0.101. The Morgan fingerprint density at radius 2 is 1.88 bits per heavy atom. The van der Waals surface area contributed by atoms with Crippen LogP contribution in [0.2, 0.25) is 0 Å². The van der Waals surface area contributed by atoms with Crippen LogP contribution in [-0.4, -0.2) is 26.4 Å². The van der Waals surface area contributed by atoms with Gasteiger partial charge in [0.2, 0.25) is 5.96 Å². The maximum Gasteiger partial charge on any atom is 0.211 e. The van der Waals surface area contributed by atoms with Gasteiger partial charge in [0.25, 0.3) is 0 Å². The predicted molar refractivity (Wildman–Crippen MR) is 93.7 cm³/mol. The third-order valence-corrected chi connectivity index (χ3v) is 3.10. The SMILES string of the molecule is COc1cccc(COc2ccc(C=NN=C(N)N)cc2OC)c1. The Balaban J connectivity index is 2.09. The van der Waals surface area contributed by atoms with Crippen molar-refractivity contribution in [2.24, 2.45) is 21.7 Å². The molecule has 7 nitrogen and oxygen atoms in total. The molecule has 2 aromatic rings. The van der Waals surface area contributed by atoms with Gasteiger partial charge >= 0.3 is 0 Å². The van der Waals surface area contributed by atoms with Gasteiger partial charge in [0, 0.05) is 0 Å². The molecule has 0 saturated heterocycles. The van der Waals surface area contributed by atoms with Gasteiger partial charge in [0.1, 0.15) is 12.4 Å². The molecule has 2 rings (SSSR count). The quantitative estimate of drug-likeness (QED) is 0.459. The van der Waals surface area contributed by atoms with E-state index in [9.17, 15) is 0 Å². The van der Waals surface area contributed by atoms with Gasteiger partial charge in [-0.15, -0.1) is 5.10 Å². The molecule has 24 heavy (non-hydrogen) atoms. The first-order valence-electron chi connectivity index (χ1n) is 7.18. The topological polar surface area (TPSA) is 104 Å². The lowest BCUT2D eigenvalue weighted by atomic mass is 10.2. The Labute approximate surface area is 140 Å². The summed E-state index contributed by atoms with van der Waals surface area (Å²) in [6.45, 7) is 0.398. The highest BCUT2D eigenvalue weighted by Crippen LogP contribution is 2.28. The van der Waals surface area contributed by atoms with Crippen LogP contribution in [-0.2, 0) is 6.61 Å². The van der Waals surface area contributed by atoms with Crippen molar-refractivity contribution in [2.75, 3.05) is 14.2 Å². The summed E-state index contributed by atoms with van der Waals surface area (Å²) in [5, 5.41) is 7.31. The Hall–Kier alpha value is -3.22. The van der Waals surface area contributed by atoms with Crippen molar-refractivity contribution >= 4 is 12.2 Å². The maximum absolute atomic E-state index is 5.82. The van der Waals surface area contributed by atoms with Gasteiger partial charge in [-0.25, -0.2) is 0 Å². The smallest absolute Gasteiger partial charge is 0.211 e. The predicted octanol–water partition coefficient (Wildman–Crippen LogP) is 1.89. The number of rotatable bonds is 7. The molecule has 0 atom stereocenters. The summed E-state index contributed by atoms with van der Waals surface area (Å²) in [4.78, 5) is 0. The molecule has 0 aliphatic carbocycles. The lowest BCUT2D eigenvalue weighted by molar-refractivity contribution is 0.284. The highest BCUT2D eigenvalue weighted by molar-refractivity contribution is 5.82. The number of ether oxygens (including phenoxy) is 3. The molecule has 0 heterocycles. The van der Waals surface area contributed by atoms with Crippen LogP contribution in [0.3, 0.4) is 0 Å². The van der Waals surface area contributed by atoms with E-state index >= 15 is 0 Å². The molecule has 126 valence electrons. The number of benzene rings is 2. The van der Waals surface area contributed by atoms with Crippen LogP contribution in [0.4, 0.5) is 0 Å². The third kappa shape index (κ3) is 4.91. The first kappa shape index (κ1) is 17.1. The third-order valence-electron chi connectivity index (χ3n) is 3.10. The fourth-order valence-electron chi connectivity index (χ4n) is 1.97. The van der Waals surface area contributed by atoms with E-state index in [1.807, 2.05) is 30.3 Å². The Morgan fingerprint density at radius 1 is 1.04 bits per heavy atom. The van der Waals surface area contributed by atoms with E-state index in [0.717, 1.165) is 16.9 Å². The summed E-state index contributed by atoms with van der Waals surface area (Å²) in [6, 6.07) is 13.1. The van der Waals surface area contributed by atoms with E-state index in [2.05, 4.69) is 10.2 Å². The number of nitrogens with zero attached hydrogens (tertiary/aromatic N) is 2. The van der Waals surface area contributed by atoms with Crippen molar-refractivity contribution < 1.29 is 14.2 Å². The molecular formula is C17H20N4O3. The molecule has 0 unspecified atom stereocenters. The van der Waals surface area contributed by atoms with Gasteiger partial charge in [-0.05, 0) is 41.5 Å². The second kappa shape index (κ2) is 8.42. The van der Waals surface area contributed by atoms with Crippen LogP contribution in [0, 0.1) is 0 Å². The molecule has 0 aliphatic rings. The van der Waals surface area contributed by atoms with Crippen LogP contribution in [0.15, 0.2) is 52.7 Å². The Bertz CT molecular complexity index is 740. The van der Waals surface area contributed by atoms with Gasteiger partial charge < -0.3 is 25.7 Å². The van der Waals surface area contributed by atoms with Crippen molar-refractivity contribution in [3.8, 4) is 17.2 Å². The molecule has 0 bridgehead atoms. The molecule has 0 spiro atoms. The lowest BCUT2D eigenvalue weighted by Gasteiger charge is -2.11. The highest BCUT2D eigenvalue weighted by atomic mass is 16.5. The monoisotopic (exact) mass is 328 g/mol. The first-order valence-corrected chi connectivity index (χ1v) is 7.18. The molecule has 0 amide bonds. The minimum atomic E-state index is -0.101. The molecule has 0 saturated carbocycles. The molecule has 7 heteroatoms. The zero-order chi connectivity index (χ0) is 17.4. The van der Waals surface area contributed by atoms with E-state index < -0.39 is 0 Å². The Kier molecular flexibility index (Phi) is 6.01. The minimum Gasteiger partial charge on any atom is -0.497 e. The summed E-state index contributed by atoms with van der Waals surface area (Å²) in [5.74, 6) is 1.90. The van der Waals surface area contributed by atoms with Crippen molar-refractivity contribution in [1.29, 1.82) is 0 Å². The average Bonchev–Trinajstić information content (AvgIpc) is 2.60. The summed E-state index contributed by atoms with van der Waals surface area (Å²) >= 11 is 0. The van der Waals surface area contributed by atoms with Crippen LogP contribution in [0.1, 0.15) is 11.1 Å². The first-order chi connectivity index (χ1) is 11.6. The van der Waals surface area contributed by atoms with Crippen molar-refractivity contribution in [3.63, 3.8) is 0 Å². The van der Waals surface area contributed by atoms with Crippen LogP contribution in [0.5, 0.6) is 17.2 Å². The van der Waals surface area contributed by atoms with E-state index in [1.54, 1.807) is 26.4 Å². The van der Waals surface area contributed by atoms with Crippen LogP contribution in [0.25, 0.3) is 0 Å². The van der Waals surface area contributed by atoms with Gasteiger partial charge in [0.15, 0.2) is 11.5 Å². The second-order valence-corrected chi connectivity index (χ2v) is 4.82. The Morgan fingerprint density at radius 3 is 2.58 bits per heavy atom. The van der Waals surface area contributed by atoms with Crippen LogP contribution >= 0.6 is 0 Å². The molecular weight excluding hydrogens is 308 g/mol. The molecule has 0 radical (unpaired) electrons. The number of methoxy groups -OCH3 is 2. The van der Waals surface area contributed by atoms with E-state index in [4.69, 9.17) is 25.7 Å². The highest BCUT2D eigenvalue weighted by Gasteiger charge is 2.06. The van der Waals surface area contributed by atoms with Gasteiger partial charge in [-0.3, -0.25) is 0 Å². The molecule has 4 N–H and O–H groups in total. The number of nitrogens with two attached hydrogens (primary N) is 2. The van der Waals surface area contributed by atoms with Crippen LogP contribution < -0.4 is 25.7 Å². The largest absolute Gasteiger partial charge is 0.497 e. The van der Waals surface area contributed by atoms with E-state index in [-0.39, 0.29) is 5.96 Å². The van der Waals surface area contributed by atoms with E-state index in [1.165, 1.54) is 6.21 Å². The second-order valence-electron chi connectivity index (χ2n) is 4.82. The fraction of sp³-hybridized carbons (Fsp3) is 0.176. The molecule has 0 fully saturated rings. The summed E-state index contributed by atoms with van der Waals surface area (Å²) in [5.41, 5.74) is 12.2. The lowest BCUT2D eigenvalue weighted by Crippen LogP contribution is -2.21. The average molecular weight is 328 g/mol. The summed E-state index contributed by atoms with van der Waals surface area (Å²) in [6.07, 6.45) is 1.52. The van der Waals surface area contributed by atoms with Crippen molar-refractivity contribution in [1.82, 2.24) is 0 Å². The van der Waals surface area contributed by atoms with Crippen molar-refractivity contribution in [3.05, 3.63) is 53.6 Å². The standard InChI is InChI=1S/C17H20N4O3/c1-22-14-5-3-4-13(8-14)11-24-15-7-6-12(9-16(15)23-2)10-20-21-17(18)19/h3-10H,11H2,1-2H3,(H4,18,19,21). The molecule has 2 aromatic carbocycles. The molecule has 0 aliphatic heterocycles. The van der Waals surface area contributed by atoms with Crippen molar-refractivity contribution in [2.45, 2.75) is 6.61 Å². The normalized spacial score (nSPS) is 10.4. The van der Waals surface area contributed by atoms with Gasteiger partial charge in [-0.1, -0.05) is 12.1 Å². The number of guanidine groups is 1. The zero-order valence-electron chi connectivity index (χ0n) is 13.6. The van der Waals surface area contributed by atoms with Gasteiger partial charge in [0.05, 0.1) is 20.4 Å². The maximum atomic E-state index is 5.82. The van der Waals surface area contributed by atoms with Gasteiger partial charge in [-0.2, -0.15) is 5.10 Å². The summed E-state index contributed by atoms with van der Waals surface area (Å²) in [7, 11) is 3.20. The summed E-state index contributed by atoms with van der Waals surface area (Å²) < 4.78 is 16.4. The zero-order valence-corrected chi connectivity index (χ0v) is 13.6.